The predicted octanol–water partition coefficient (Wildman–Crippen LogP) is 2.77. The summed E-state index contributed by atoms with van der Waals surface area (Å²) in [5.74, 6) is 0.394. The molecule has 1 aliphatic rings. The van der Waals surface area contributed by atoms with Crippen LogP contribution in [0.1, 0.15) is 24.1 Å². The molecular weight excluding hydrogens is 264 g/mol. The first-order chi connectivity index (χ1) is 10.2. The van der Waals surface area contributed by atoms with Crippen LogP contribution >= 0.6 is 0 Å². The fourth-order valence-corrected chi connectivity index (χ4v) is 2.93. The molecular formula is C17H20N2O2. The summed E-state index contributed by atoms with van der Waals surface area (Å²) in [7, 11) is 0. The molecule has 0 spiro atoms. The van der Waals surface area contributed by atoms with Gasteiger partial charge in [-0.25, -0.2) is 0 Å². The highest BCUT2D eigenvalue weighted by molar-refractivity contribution is 5.57. The van der Waals surface area contributed by atoms with Gasteiger partial charge in [0, 0.05) is 30.9 Å². The summed E-state index contributed by atoms with van der Waals surface area (Å²) in [6, 6.07) is 13.0. The molecule has 0 bridgehead atoms. The van der Waals surface area contributed by atoms with E-state index in [0.29, 0.717) is 0 Å². The van der Waals surface area contributed by atoms with Crippen LogP contribution in [0.25, 0.3) is 0 Å². The summed E-state index contributed by atoms with van der Waals surface area (Å²) in [6.07, 6.45) is 0. The van der Waals surface area contributed by atoms with Gasteiger partial charge in [-0.2, -0.15) is 0 Å². The number of hydrogen-bond acceptors (Lipinski definition) is 4. The van der Waals surface area contributed by atoms with E-state index in [-0.39, 0.29) is 17.5 Å². The monoisotopic (exact) mass is 284 g/mol. The molecule has 0 amide bonds. The molecule has 0 aromatic heterocycles. The number of nitrogens with zero attached hydrogens (tertiary/aromatic N) is 1. The van der Waals surface area contributed by atoms with Crippen LogP contribution < -0.4 is 10.2 Å². The van der Waals surface area contributed by atoms with E-state index in [1.54, 1.807) is 12.1 Å². The van der Waals surface area contributed by atoms with E-state index < -0.39 is 0 Å². The van der Waals surface area contributed by atoms with Gasteiger partial charge in [-0.15, -0.1) is 0 Å². The Balaban J connectivity index is 2.01. The molecule has 4 heteroatoms. The van der Waals surface area contributed by atoms with E-state index in [0.717, 1.165) is 25.2 Å². The van der Waals surface area contributed by atoms with Crippen molar-refractivity contribution in [2.45, 2.75) is 19.5 Å². The van der Waals surface area contributed by atoms with Crippen LogP contribution in [-0.4, -0.2) is 23.3 Å². The number of anilines is 1. The fraction of sp³-hybridized carbons (Fsp3) is 0.294. The number of rotatable bonds is 2. The van der Waals surface area contributed by atoms with E-state index in [1.165, 1.54) is 17.3 Å². The van der Waals surface area contributed by atoms with E-state index in [2.05, 4.69) is 29.3 Å². The van der Waals surface area contributed by atoms with Crippen molar-refractivity contribution in [3.8, 4) is 11.5 Å². The molecule has 1 heterocycles. The van der Waals surface area contributed by atoms with Crippen LogP contribution in [0.15, 0.2) is 42.5 Å². The Morgan fingerprint density at radius 3 is 2.81 bits per heavy atom. The molecule has 110 valence electrons. The smallest absolute Gasteiger partial charge is 0.121 e. The number of fused-ring (bicyclic) bond motifs is 1. The van der Waals surface area contributed by atoms with Gasteiger partial charge in [0.05, 0.1) is 6.04 Å². The van der Waals surface area contributed by atoms with E-state index >= 15 is 0 Å². The third-order valence-electron chi connectivity index (χ3n) is 4.07. The second kappa shape index (κ2) is 5.66. The van der Waals surface area contributed by atoms with E-state index in [1.807, 2.05) is 12.1 Å². The van der Waals surface area contributed by atoms with Crippen molar-refractivity contribution in [2.24, 2.45) is 0 Å². The highest BCUT2D eigenvalue weighted by atomic mass is 16.3. The maximum absolute atomic E-state index is 10.1. The largest absolute Gasteiger partial charge is 0.508 e. The van der Waals surface area contributed by atoms with E-state index in [9.17, 15) is 10.2 Å². The molecule has 3 rings (SSSR count). The van der Waals surface area contributed by atoms with Crippen LogP contribution in [0.3, 0.4) is 0 Å². The minimum Gasteiger partial charge on any atom is -0.508 e. The molecule has 1 unspecified atom stereocenters. The van der Waals surface area contributed by atoms with Gasteiger partial charge < -0.3 is 20.4 Å². The molecule has 21 heavy (non-hydrogen) atoms. The molecule has 0 saturated carbocycles. The standard InChI is InChI=1S/C17H20N2O2/c1-12(15-10-14(20)6-7-17(15)21)19-9-8-18-11-13-4-2-3-5-16(13)19/h2-7,10,12,18,20-21H,8-9,11H2,1H3. The molecule has 1 atom stereocenters. The molecule has 0 aliphatic carbocycles. The zero-order valence-electron chi connectivity index (χ0n) is 12.1. The van der Waals surface area contributed by atoms with Crippen molar-refractivity contribution < 1.29 is 10.2 Å². The molecule has 2 aromatic carbocycles. The van der Waals surface area contributed by atoms with Crippen molar-refractivity contribution >= 4 is 5.69 Å². The number of benzene rings is 2. The Bertz CT molecular complexity index is 642. The summed E-state index contributed by atoms with van der Waals surface area (Å²) in [4.78, 5) is 2.27. The van der Waals surface area contributed by atoms with Gasteiger partial charge in [0.2, 0.25) is 0 Å². The van der Waals surface area contributed by atoms with Crippen molar-refractivity contribution in [3.63, 3.8) is 0 Å². The molecule has 0 saturated heterocycles. The Morgan fingerprint density at radius 1 is 1.14 bits per heavy atom. The van der Waals surface area contributed by atoms with Crippen LogP contribution in [0, 0.1) is 0 Å². The molecule has 1 aliphatic heterocycles. The fourth-order valence-electron chi connectivity index (χ4n) is 2.93. The van der Waals surface area contributed by atoms with Gasteiger partial charge in [-0.3, -0.25) is 0 Å². The maximum atomic E-state index is 10.1. The van der Waals surface area contributed by atoms with Gasteiger partial charge in [-0.05, 0) is 36.8 Å². The SMILES string of the molecule is CC(c1cc(O)ccc1O)N1CCNCc2ccccc21. The first-order valence-corrected chi connectivity index (χ1v) is 7.24. The summed E-state index contributed by atoms with van der Waals surface area (Å²) in [6.45, 7) is 4.65. The Hall–Kier alpha value is -2.20. The Kier molecular flexibility index (Phi) is 3.71. The molecule has 0 fully saturated rings. The average Bonchev–Trinajstić information content (AvgIpc) is 2.71. The second-order valence-corrected chi connectivity index (χ2v) is 5.42. The zero-order valence-corrected chi connectivity index (χ0v) is 12.1. The van der Waals surface area contributed by atoms with Crippen molar-refractivity contribution in [1.82, 2.24) is 5.32 Å². The predicted molar refractivity (Wildman–Crippen MR) is 83.7 cm³/mol. The maximum Gasteiger partial charge on any atom is 0.121 e. The highest BCUT2D eigenvalue weighted by Gasteiger charge is 2.22. The number of hydrogen-bond donors (Lipinski definition) is 3. The van der Waals surface area contributed by atoms with Crippen LogP contribution in [0.4, 0.5) is 5.69 Å². The number of para-hydroxylation sites is 1. The topological polar surface area (TPSA) is 55.7 Å². The summed E-state index contributed by atoms with van der Waals surface area (Å²) < 4.78 is 0. The van der Waals surface area contributed by atoms with Crippen molar-refractivity contribution in [3.05, 3.63) is 53.6 Å². The lowest BCUT2D eigenvalue weighted by Gasteiger charge is -2.32. The minimum atomic E-state index is -0.0156. The second-order valence-electron chi connectivity index (χ2n) is 5.42. The quantitative estimate of drug-likeness (QED) is 0.742. The first kappa shape index (κ1) is 13.8. The minimum absolute atomic E-state index is 0.0156. The summed E-state index contributed by atoms with van der Waals surface area (Å²) in [5.41, 5.74) is 3.17. The average molecular weight is 284 g/mol. The number of phenols is 2. The van der Waals surface area contributed by atoms with Crippen LogP contribution in [0.5, 0.6) is 11.5 Å². The lowest BCUT2D eigenvalue weighted by Crippen LogP contribution is -2.31. The molecule has 3 N–H and O–H groups in total. The van der Waals surface area contributed by atoms with Crippen molar-refractivity contribution in [2.75, 3.05) is 18.0 Å². The van der Waals surface area contributed by atoms with Crippen LogP contribution in [-0.2, 0) is 6.54 Å². The Labute approximate surface area is 124 Å². The van der Waals surface area contributed by atoms with Gasteiger partial charge in [-0.1, -0.05) is 18.2 Å². The third-order valence-corrected chi connectivity index (χ3v) is 4.07. The lowest BCUT2D eigenvalue weighted by molar-refractivity contribution is 0.447. The number of aromatic hydroxyl groups is 2. The van der Waals surface area contributed by atoms with Crippen LogP contribution in [0.2, 0.25) is 0 Å². The van der Waals surface area contributed by atoms with Crippen molar-refractivity contribution in [1.29, 1.82) is 0 Å². The lowest BCUT2D eigenvalue weighted by atomic mass is 10.0. The molecule has 2 aromatic rings. The normalized spacial score (nSPS) is 16.1. The zero-order chi connectivity index (χ0) is 14.8. The first-order valence-electron chi connectivity index (χ1n) is 7.24. The number of nitrogens with one attached hydrogen (secondary N) is 1. The molecule has 4 nitrogen and oxygen atoms in total. The Morgan fingerprint density at radius 2 is 1.95 bits per heavy atom. The highest BCUT2D eigenvalue weighted by Crippen LogP contribution is 2.35. The van der Waals surface area contributed by atoms with Gasteiger partial charge in [0.15, 0.2) is 0 Å². The molecule has 0 radical (unpaired) electrons. The summed E-state index contributed by atoms with van der Waals surface area (Å²) in [5, 5.41) is 23.2. The van der Waals surface area contributed by atoms with E-state index in [4.69, 9.17) is 0 Å². The summed E-state index contributed by atoms with van der Waals surface area (Å²) >= 11 is 0. The van der Waals surface area contributed by atoms with Gasteiger partial charge >= 0.3 is 0 Å². The van der Waals surface area contributed by atoms with Gasteiger partial charge in [0.1, 0.15) is 11.5 Å². The third kappa shape index (κ3) is 2.67. The number of phenolic OH excluding ortho intramolecular Hbond substituents is 2. The van der Waals surface area contributed by atoms with Gasteiger partial charge in [0.25, 0.3) is 0 Å².